The Hall–Kier alpha value is -2.88. The molecule has 2 aliphatic carbocycles. The molecule has 29 heavy (non-hydrogen) atoms. The van der Waals surface area contributed by atoms with Crippen molar-refractivity contribution in [1.82, 2.24) is 5.32 Å². The molecule has 4 heteroatoms. The second kappa shape index (κ2) is 10.6. The van der Waals surface area contributed by atoms with Crippen molar-refractivity contribution in [3.63, 3.8) is 0 Å². The third-order valence-electron chi connectivity index (χ3n) is 5.18. The van der Waals surface area contributed by atoms with Crippen LogP contribution in [0.3, 0.4) is 0 Å². The van der Waals surface area contributed by atoms with Crippen molar-refractivity contribution in [2.75, 3.05) is 0 Å². The van der Waals surface area contributed by atoms with Gasteiger partial charge in [0.25, 0.3) is 11.8 Å². The molecule has 2 amide bonds. The molecule has 154 valence electrons. The Bertz CT molecular complexity index is 889. The zero-order chi connectivity index (χ0) is 21.4. The smallest absolute Gasteiger partial charge is 0.254 e. The van der Waals surface area contributed by atoms with Gasteiger partial charge in [-0.3, -0.25) is 14.9 Å². The van der Waals surface area contributed by atoms with E-state index >= 15 is 0 Å². The van der Waals surface area contributed by atoms with E-state index in [4.69, 9.17) is 0 Å². The highest BCUT2D eigenvalue weighted by Gasteiger charge is 2.22. The molecule has 0 fully saturated rings. The van der Waals surface area contributed by atoms with Crippen molar-refractivity contribution in [3.8, 4) is 0 Å². The molecule has 0 aromatic carbocycles. The fraction of sp³-hybridized carbons (Fsp3) is 0.360. The largest absolute Gasteiger partial charge is 0.508 e. The fourth-order valence-corrected chi connectivity index (χ4v) is 3.55. The number of allylic oxidation sites excluding steroid dienone is 11. The highest BCUT2D eigenvalue weighted by Crippen LogP contribution is 2.31. The number of hydrogen-bond acceptors (Lipinski definition) is 3. The van der Waals surface area contributed by atoms with Crippen LogP contribution in [-0.2, 0) is 9.59 Å². The summed E-state index contributed by atoms with van der Waals surface area (Å²) < 4.78 is 0. The molecular formula is C25H31NO3. The topological polar surface area (TPSA) is 66.4 Å². The van der Waals surface area contributed by atoms with Gasteiger partial charge in [0.1, 0.15) is 5.76 Å². The molecule has 0 spiro atoms. The third-order valence-corrected chi connectivity index (χ3v) is 5.18. The van der Waals surface area contributed by atoms with E-state index in [9.17, 15) is 14.7 Å². The van der Waals surface area contributed by atoms with Gasteiger partial charge in [0, 0.05) is 18.1 Å². The van der Waals surface area contributed by atoms with Gasteiger partial charge in [-0.2, -0.15) is 0 Å². The molecule has 0 radical (unpaired) electrons. The molecule has 0 saturated heterocycles. The first-order valence-corrected chi connectivity index (χ1v) is 10.3. The van der Waals surface area contributed by atoms with Gasteiger partial charge in [-0.05, 0) is 79.5 Å². The molecular weight excluding hydrogens is 362 g/mol. The molecule has 0 bridgehead atoms. The summed E-state index contributed by atoms with van der Waals surface area (Å²) in [5.74, 6) is -0.398. The molecule has 4 nitrogen and oxygen atoms in total. The lowest BCUT2D eigenvalue weighted by atomic mass is 9.88. The lowest BCUT2D eigenvalue weighted by Crippen LogP contribution is -2.22. The first kappa shape index (κ1) is 22.4. The minimum Gasteiger partial charge on any atom is -0.508 e. The number of carbonyl (C=O) groups is 2. The summed E-state index contributed by atoms with van der Waals surface area (Å²) >= 11 is 0. The van der Waals surface area contributed by atoms with E-state index in [0.717, 1.165) is 48.0 Å². The SMILES string of the molecule is C/C(=C\C(CC1=CC(=O)NC1=O)=C(/C)C1=CC(O)=CCC1)C1=CC=CCC1.CC. The van der Waals surface area contributed by atoms with Gasteiger partial charge in [-0.15, -0.1) is 0 Å². The number of aliphatic hydroxyl groups excluding tert-OH is 1. The average Bonchev–Trinajstić information content (AvgIpc) is 3.05. The van der Waals surface area contributed by atoms with Gasteiger partial charge in [0.15, 0.2) is 0 Å². The Morgan fingerprint density at radius 1 is 1.10 bits per heavy atom. The van der Waals surface area contributed by atoms with Crippen LogP contribution in [0, 0.1) is 0 Å². The van der Waals surface area contributed by atoms with Crippen LogP contribution in [0.25, 0.3) is 0 Å². The van der Waals surface area contributed by atoms with Crippen molar-refractivity contribution in [1.29, 1.82) is 0 Å². The first-order chi connectivity index (χ1) is 13.9. The Morgan fingerprint density at radius 2 is 1.83 bits per heavy atom. The second-order valence-corrected chi connectivity index (χ2v) is 7.14. The van der Waals surface area contributed by atoms with Crippen molar-refractivity contribution in [3.05, 3.63) is 81.7 Å². The summed E-state index contributed by atoms with van der Waals surface area (Å²) in [6.07, 6.45) is 17.5. The summed E-state index contributed by atoms with van der Waals surface area (Å²) in [6, 6.07) is 0. The summed E-state index contributed by atoms with van der Waals surface area (Å²) in [4.78, 5) is 23.6. The van der Waals surface area contributed by atoms with E-state index in [1.54, 1.807) is 6.08 Å². The van der Waals surface area contributed by atoms with Crippen molar-refractivity contribution in [2.45, 2.75) is 59.8 Å². The van der Waals surface area contributed by atoms with E-state index in [1.807, 2.05) is 26.8 Å². The summed E-state index contributed by atoms with van der Waals surface area (Å²) in [7, 11) is 0. The minimum absolute atomic E-state index is 0.281. The van der Waals surface area contributed by atoms with Gasteiger partial charge in [-0.1, -0.05) is 38.2 Å². The molecule has 0 unspecified atom stereocenters. The van der Waals surface area contributed by atoms with Crippen LogP contribution in [0.5, 0.6) is 0 Å². The Morgan fingerprint density at radius 3 is 2.41 bits per heavy atom. The Balaban J connectivity index is 0.00000145. The number of imide groups is 1. The minimum atomic E-state index is -0.356. The molecule has 0 aromatic heterocycles. The number of rotatable bonds is 5. The van der Waals surface area contributed by atoms with E-state index in [-0.39, 0.29) is 17.6 Å². The van der Waals surface area contributed by atoms with Crippen LogP contribution in [0.4, 0.5) is 0 Å². The molecule has 1 heterocycles. The molecule has 3 aliphatic rings. The zero-order valence-corrected chi connectivity index (χ0v) is 17.8. The molecule has 0 atom stereocenters. The maximum atomic E-state index is 12.0. The highest BCUT2D eigenvalue weighted by molar-refractivity contribution is 6.16. The van der Waals surface area contributed by atoms with E-state index in [2.05, 4.69) is 36.5 Å². The lowest BCUT2D eigenvalue weighted by Gasteiger charge is -2.17. The number of carbonyl (C=O) groups excluding carboxylic acids is 2. The highest BCUT2D eigenvalue weighted by atomic mass is 16.3. The number of hydrogen-bond donors (Lipinski definition) is 2. The lowest BCUT2D eigenvalue weighted by molar-refractivity contribution is -0.123. The maximum Gasteiger partial charge on any atom is 0.254 e. The molecule has 3 rings (SSSR count). The van der Waals surface area contributed by atoms with Gasteiger partial charge in [0.05, 0.1) is 0 Å². The Labute approximate surface area is 173 Å². The Kier molecular flexibility index (Phi) is 8.20. The van der Waals surface area contributed by atoms with Gasteiger partial charge < -0.3 is 5.11 Å². The predicted octanol–water partition coefficient (Wildman–Crippen LogP) is 5.69. The monoisotopic (exact) mass is 393 g/mol. The van der Waals surface area contributed by atoms with Crippen molar-refractivity contribution >= 4 is 11.8 Å². The summed E-state index contributed by atoms with van der Waals surface area (Å²) in [6.45, 7) is 8.10. The van der Waals surface area contributed by atoms with Gasteiger partial charge in [0.2, 0.25) is 0 Å². The predicted molar refractivity (Wildman–Crippen MR) is 118 cm³/mol. The van der Waals surface area contributed by atoms with Gasteiger partial charge in [-0.25, -0.2) is 0 Å². The van der Waals surface area contributed by atoms with Crippen molar-refractivity contribution < 1.29 is 14.7 Å². The summed E-state index contributed by atoms with van der Waals surface area (Å²) in [5, 5.41) is 12.2. The quantitative estimate of drug-likeness (QED) is 0.466. The zero-order valence-electron chi connectivity index (χ0n) is 17.8. The summed E-state index contributed by atoms with van der Waals surface area (Å²) in [5.41, 5.74) is 6.04. The van der Waals surface area contributed by atoms with Crippen LogP contribution >= 0.6 is 0 Å². The van der Waals surface area contributed by atoms with Crippen molar-refractivity contribution in [2.24, 2.45) is 0 Å². The average molecular weight is 394 g/mol. The number of aliphatic hydroxyl groups is 1. The molecule has 0 saturated carbocycles. The molecule has 1 aliphatic heterocycles. The van der Waals surface area contributed by atoms with Crippen LogP contribution in [0.15, 0.2) is 81.7 Å². The van der Waals surface area contributed by atoms with Crippen LogP contribution < -0.4 is 5.32 Å². The van der Waals surface area contributed by atoms with E-state index < -0.39 is 0 Å². The van der Waals surface area contributed by atoms with Crippen LogP contribution in [0.1, 0.15) is 59.8 Å². The van der Waals surface area contributed by atoms with E-state index in [1.165, 1.54) is 11.6 Å². The standard InChI is InChI=1S/C23H25NO3.C2H6/c1-15(17-7-4-3-5-8-17)11-19(12-20-14-22(26)24-23(20)27)16(2)18-9-6-10-21(25)13-18;1-2/h3-4,7,10-11,13-14,25H,5-6,8-9,12H2,1-2H3,(H,24,26,27);1-2H3/b15-11+,19-16-;. The normalized spacial score (nSPS) is 19.9. The molecule has 2 N–H and O–H groups in total. The second-order valence-electron chi connectivity index (χ2n) is 7.14. The number of nitrogens with one attached hydrogen (secondary N) is 1. The third kappa shape index (κ3) is 6.05. The van der Waals surface area contributed by atoms with Gasteiger partial charge >= 0.3 is 0 Å². The van der Waals surface area contributed by atoms with Crippen LogP contribution in [0.2, 0.25) is 0 Å². The number of amides is 2. The van der Waals surface area contributed by atoms with Crippen LogP contribution in [-0.4, -0.2) is 16.9 Å². The fourth-order valence-electron chi connectivity index (χ4n) is 3.55. The first-order valence-electron chi connectivity index (χ1n) is 10.3. The molecule has 0 aromatic rings. The van der Waals surface area contributed by atoms with E-state index in [0.29, 0.717) is 12.0 Å². The maximum absolute atomic E-state index is 12.0.